The van der Waals surface area contributed by atoms with Gasteiger partial charge in [0.15, 0.2) is 0 Å². The van der Waals surface area contributed by atoms with Crippen LogP contribution in [0.1, 0.15) is 31.5 Å². The van der Waals surface area contributed by atoms with Crippen molar-refractivity contribution in [3.8, 4) is 0 Å². The van der Waals surface area contributed by atoms with Crippen molar-refractivity contribution in [1.29, 1.82) is 0 Å². The summed E-state index contributed by atoms with van der Waals surface area (Å²) >= 11 is 0. The molecule has 1 fully saturated rings. The molecule has 0 bridgehead atoms. The Bertz CT molecular complexity index is 262. The average molecular weight is 180 g/mol. The zero-order chi connectivity index (χ0) is 9.10. The molecule has 1 saturated heterocycles. The summed E-state index contributed by atoms with van der Waals surface area (Å²) in [4.78, 5) is 4.32. The smallest absolute Gasteiger partial charge is 0.138 e. The first kappa shape index (κ1) is 8.69. The standard InChI is InChI=1S/C9H16N4/c1-2-13-9(11-7-12-13)8-4-3-5-10-6-8/h7-8,10H,2-6H2,1H3. The highest BCUT2D eigenvalue weighted by Crippen LogP contribution is 2.20. The van der Waals surface area contributed by atoms with Crippen molar-refractivity contribution < 1.29 is 0 Å². The summed E-state index contributed by atoms with van der Waals surface area (Å²) in [7, 11) is 0. The number of nitrogens with one attached hydrogen (secondary N) is 1. The van der Waals surface area contributed by atoms with Crippen LogP contribution < -0.4 is 5.32 Å². The number of hydrogen-bond acceptors (Lipinski definition) is 3. The Kier molecular flexibility index (Phi) is 2.59. The molecule has 1 aromatic rings. The van der Waals surface area contributed by atoms with Crippen LogP contribution in [0.2, 0.25) is 0 Å². The van der Waals surface area contributed by atoms with Crippen LogP contribution in [0.15, 0.2) is 6.33 Å². The van der Waals surface area contributed by atoms with Gasteiger partial charge < -0.3 is 5.32 Å². The maximum atomic E-state index is 4.32. The molecule has 0 spiro atoms. The molecule has 0 amide bonds. The average Bonchev–Trinajstić information content (AvgIpc) is 2.67. The van der Waals surface area contributed by atoms with E-state index in [0.717, 1.165) is 25.5 Å². The zero-order valence-electron chi connectivity index (χ0n) is 8.03. The van der Waals surface area contributed by atoms with E-state index in [2.05, 4.69) is 22.3 Å². The maximum Gasteiger partial charge on any atom is 0.138 e. The molecule has 4 nitrogen and oxygen atoms in total. The van der Waals surface area contributed by atoms with Crippen molar-refractivity contribution in [2.24, 2.45) is 0 Å². The molecule has 13 heavy (non-hydrogen) atoms. The third-order valence-electron chi connectivity index (χ3n) is 2.61. The first-order valence-electron chi connectivity index (χ1n) is 5.00. The fourth-order valence-electron chi connectivity index (χ4n) is 1.91. The maximum absolute atomic E-state index is 4.32. The summed E-state index contributed by atoms with van der Waals surface area (Å²) in [5.41, 5.74) is 0. The van der Waals surface area contributed by atoms with E-state index in [1.165, 1.54) is 12.8 Å². The van der Waals surface area contributed by atoms with Gasteiger partial charge in [-0.15, -0.1) is 0 Å². The minimum atomic E-state index is 0.566. The van der Waals surface area contributed by atoms with Crippen molar-refractivity contribution in [3.63, 3.8) is 0 Å². The fraction of sp³-hybridized carbons (Fsp3) is 0.778. The molecule has 1 aliphatic heterocycles. The molecule has 1 aliphatic rings. The number of aromatic nitrogens is 3. The first-order valence-corrected chi connectivity index (χ1v) is 5.00. The quantitative estimate of drug-likeness (QED) is 0.731. The fourth-order valence-corrected chi connectivity index (χ4v) is 1.91. The lowest BCUT2D eigenvalue weighted by Gasteiger charge is -2.21. The van der Waals surface area contributed by atoms with Crippen LogP contribution in [-0.4, -0.2) is 27.9 Å². The van der Waals surface area contributed by atoms with Gasteiger partial charge >= 0.3 is 0 Å². The van der Waals surface area contributed by atoms with Gasteiger partial charge in [0, 0.05) is 19.0 Å². The van der Waals surface area contributed by atoms with E-state index in [0.29, 0.717) is 5.92 Å². The van der Waals surface area contributed by atoms with Gasteiger partial charge in [-0.05, 0) is 26.3 Å². The minimum Gasteiger partial charge on any atom is -0.316 e. The van der Waals surface area contributed by atoms with E-state index in [9.17, 15) is 0 Å². The van der Waals surface area contributed by atoms with Gasteiger partial charge in [-0.1, -0.05) is 0 Å². The third kappa shape index (κ3) is 1.72. The topological polar surface area (TPSA) is 42.7 Å². The second-order valence-corrected chi connectivity index (χ2v) is 3.48. The molecule has 0 radical (unpaired) electrons. The Morgan fingerprint density at radius 1 is 1.69 bits per heavy atom. The minimum absolute atomic E-state index is 0.566. The molecule has 0 aliphatic carbocycles. The number of rotatable bonds is 2. The highest BCUT2D eigenvalue weighted by molar-refractivity contribution is 4.98. The van der Waals surface area contributed by atoms with Crippen molar-refractivity contribution in [2.45, 2.75) is 32.2 Å². The highest BCUT2D eigenvalue weighted by Gasteiger charge is 2.19. The molecule has 1 unspecified atom stereocenters. The van der Waals surface area contributed by atoms with E-state index < -0.39 is 0 Å². The Morgan fingerprint density at radius 3 is 3.31 bits per heavy atom. The molecule has 1 atom stereocenters. The predicted molar refractivity (Wildman–Crippen MR) is 50.5 cm³/mol. The van der Waals surface area contributed by atoms with Crippen LogP contribution >= 0.6 is 0 Å². The molecule has 0 aromatic carbocycles. The zero-order valence-corrected chi connectivity index (χ0v) is 8.03. The van der Waals surface area contributed by atoms with Crippen LogP contribution in [0.3, 0.4) is 0 Å². The van der Waals surface area contributed by atoms with Crippen molar-refractivity contribution in [2.75, 3.05) is 13.1 Å². The van der Waals surface area contributed by atoms with Crippen molar-refractivity contribution in [3.05, 3.63) is 12.2 Å². The Morgan fingerprint density at radius 2 is 2.62 bits per heavy atom. The molecular formula is C9H16N4. The second-order valence-electron chi connectivity index (χ2n) is 3.48. The Hall–Kier alpha value is -0.900. The van der Waals surface area contributed by atoms with Gasteiger partial charge in [-0.3, -0.25) is 4.68 Å². The second kappa shape index (κ2) is 3.87. The number of hydrogen-bond donors (Lipinski definition) is 1. The summed E-state index contributed by atoms with van der Waals surface area (Å²) < 4.78 is 2.00. The van der Waals surface area contributed by atoms with Gasteiger partial charge in [0.25, 0.3) is 0 Å². The van der Waals surface area contributed by atoms with Crippen LogP contribution in [0.4, 0.5) is 0 Å². The van der Waals surface area contributed by atoms with E-state index in [4.69, 9.17) is 0 Å². The Balaban J connectivity index is 2.13. The lowest BCUT2D eigenvalue weighted by Crippen LogP contribution is -2.30. The van der Waals surface area contributed by atoms with Crippen LogP contribution in [0, 0.1) is 0 Å². The van der Waals surface area contributed by atoms with E-state index >= 15 is 0 Å². The predicted octanol–water partition coefficient (Wildman–Crippen LogP) is 0.765. The molecule has 72 valence electrons. The summed E-state index contributed by atoms with van der Waals surface area (Å²) in [6, 6.07) is 0. The molecule has 2 rings (SSSR count). The van der Waals surface area contributed by atoms with Gasteiger partial charge in [-0.2, -0.15) is 5.10 Å². The highest BCUT2D eigenvalue weighted by atomic mass is 15.3. The molecule has 0 saturated carbocycles. The first-order chi connectivity index (χ1) is 6.42. The molecule has 1 aromatic heterocycles. The summed E-state index contributed by atoms with van der Waals surface area (Å²) in [6.45, 7) is 5.23. The molecule has 4 heteroatoms. The largest absolute Gasteiger partial charge is 0.316 e. The summed E-state index contributed by atoms with van der Waals surface area (Å²) in [6.07, 6.45) is 4.15. The molecule has 2 heterocycles. The van der Waals surface area contributed by atoms with E-state index in [1.807, 2.05) is 4.68 Å². The van der Waals surface area contributed by atoms with Gasteiger partial charge in [0.2, 0.25) is 0 Å². The number of piperidine rings is 1. The van der Waals surface area contributed by atoms with Crippen molar-refractivity contribution in [1.82, 2.24) is 20.1 Å². The number of nitrogens with zero attached hydrogens (tertiary/aromatic N) is 3. The van der Waals surface area contributed by atoms with Gasteiger partial charge in [0.05, 0.1) is 0 Å². The van der Waals surface area contributed by atoms with Crippen LogP contribution in [-0.2, 0) is 6.54 Å². The van der Waals surface area contributed by atoms with E-state index in [1.54, 1.807) is 6.33 Å². The van der Waals surface area contributed by atoms with E-state index in [-0.39, 0.29) is 0 Å². The Labute approximate surface area is 78.4 Å². The summed E-state index contributed by atoms with van der Waals surface area (Å²) in [5, 5.41) is 7.58. The summed E-state index contributed by atoms with van der Waals surface area (Å²) in [5.74, 6) is 1.71. The number of aryl methyl sites for hydroxylation is 1. The third-order valence-corrected chi connectivity index (χ3v) is 2.61. The lowest BCUT2D eigenvalue weighted by molar-refractivity contribution is 0.426. The lowest BCUT2D eigenvalue weighted by atomic mass is 9.99. The molecule has 1 N–H and O–H groups in total. The normalized spacial score (nSPS) is 23.3. The van der Waals surface area contributed by atoms with Crippen LogP contribution in [0.25, 0.3) is 0 Å². The van der Waals surface area contributed by atoms with Crippen molar-refractivity contribution >= 4 is 0 Å². The SMILES string of the molecule is CCn1ncnc1C1CCCNC1. The molecular weight excluding hydrogens is 164 g/mol. The van der Waals surface area contributed by atoms with Crippen LogP contribution in [0.5, 0.6) is 0 Å². The van der Waals surface area contributed by atoms with Gasteiger partial charge in [0.1, 0.15) is 12.2 Å². The monoisotopic (exact) mass is 180 g/mol. The van der Waals surface area contributed by atoms with Gasteiger partial charge in [-0.25, -0.2) is 4.98 Å².